The first-order valence-corrected chi connectivity index (χ1v) is 5.73. The standard InChI is InChI=1S/C13H20N2O/c1-3-12(14)13(16)15-9-10(2)11-7-5-4-6-8-11/h4-8,10,12H,3,9,14H2,1-2H3,(H,15,16). The van der Waals surface area contributed by atoms with Gasteiger partial charge in [0, 0.05) is 6.54 Å². The van der Waals surface area contributed by atoms with Gasteiger partial charge in [-0.25, -0.2) is 0 Å². The minimum Gasteiger partial charge on any atom is -0.354 e. The molecule has 16 heavy (non-hydrogen) atoms. The minimum absolute atomic E-state index is 0.0646. The van der Waals surface area contributed by atoms with Crippen molar-refractivity contribution in [2.75, 3.05) is 6.54 Å². The molecule has 3 nitrogen and oxygen atoms in total. The van der Waals surface area contributed by atoms with Crippen LogP contribution in [-0.4, -0.2) is 18.5 Å². The Hall–Kier alpha value is -1.35. The molecule has 3 heteroatoms. The third-order valence-electron chi connectivity index (χ3n) is 2.73. The number of hydrogen-bond acceptors (Lipinski definition) is 2. The van der Waals surface area contributed by atoms with E-state index in [1.165, 1.54) is 5.56 Å². The van der Waals surface area contributed by atoms with Gasteiger partial charge in [-0.1, -0.05) is 44.2 Å². The van der Waals surface area contributed by atoms with Gasteiger partial charge in [0.1, 0.15) is 0 Å². The Kier molecular flexibility index (Phi) is 4.99. The van der Waals surface area contributed by atoms with E-state index < -0.39 is 0 Å². The van der Waals surface area contributed by atoms with Crippen molar-refractivity contribution in [1.29, 1.82) is 0 Å². The molecule has 1 aromatic carbocycles. The molecule has 0 heterocycles. The van der Waals surface area contributed by atoms with Gasteiger partial charge in [0.25, 0.3) is 0 Å². The van der Waals surface area contributed by atoms with Gasteiger partial charge in [0.15, 0.2) is 0 Å². The van der Waals surface area contributed by atoms with Crippen molar-refractivity contribution < 1.29 is 4.79 Å². The molecule has 0 aliphatic rings. The fourth-order valence-corrected chi connectivity index (χ4v) is 1.47. The molecule has 2 unspecified atom stereocenters. The Bertz CT molecular complexity index is 324. The molecule has 2 atom stereocenters. The average Bonchev–Trinajstić information content (AvgIpc) is 2.35. The molecule has 0 aromatic heterocycles. The van der Waals surface area contributed by atoms with Gasteiger partial charge in [0.05, 0.1) is 6.04 Å². The van der Waals surface area contributed by atoms with Crippen LogP contribution in [0.15, 0.2) is 30.3 Å². The van der Waals surface area contributed by atoms with E-state index in [0.29, 0.717) is 18.9 Å². The maximum Gasteiger partial charge on any atom is 0.236 e. The molecular formula is C13H20N2O. The van der Waals surface area contributed by atoms with E-state index in [1.54, 1.807) is 0 Å². The van der Waals surface area contributed by atoms with Crippen LogP contribution in [0.5, 0.6) is 0 Å². The molecule has 0 saturated heterocycles. The van der Waals surface area contributed by atoms with Crippen LogP contribution in [0.1, 0.15) is 31.7 Å². The molecule has 1 rings (SSSR count). The van der Waals surface area contributed by atoms with Crippen molar-refractivity contribution in [3.63, 3.8) is 0 Å². The molecule has 0 radical (unpaired) electrons. The van der Waals surface area contributed by atoms with E-state index in [0.717, 1.165) is 0 Å². The Morgan fingerprint density at radius 2 is 2.00 bits per heavy atom. The first-order valence-electron chi connectivity index (χ1n) is 5.73. The van der Waals surface area contributed by atoms with E-state index in [9.17, 15) is 4.79 Å². The van der Waals surface area contributed by atoms with Gasteiger partial charge in [-0.2, -0.15) is 0 Å². The molecule has 1 amide bonds. The molecule has 0 fully saturated rings. The Morgan fingerprint density at radius 1 is 1.38 bits per heavy atom. The molecule has 88 valence electrons. The fraction of sp³-hybridized carbons (Fsp3) is 0.462. The molecule has 0 aliphatic carbocycles. The number of nitrogens with two attached hydrogens (primary N) is 1. The number of amides is 1. The molecule has 3 N–H and O–H groups in total. The topological polar surface area (TPSA) is 55.1 Å². The van der Waals surface area contributed by atoms with Gasteiger partial charge in [0.2, 0.25) is 5.91 Å². The summed E-state index contributed by atoms with van der Waals surface area (Å²) < 4.78 is 0. The highest BCUT2D eigenvalue weighted by Gasteiger charge is 2.12. The van der Waals surface area contributed by atoms with E-state index >= 15 is 0 Å². The zero-order valence-corrected chi connectivity index (χ0v) is 9.94. The summed E-state index contributed by atoms with van der Waals surface area (Å²) in [5.74, 6) is 0.250. The zero-order chi connectivity index (χ0) is 12.0. The molecule has 1 aromatic rings. The monoisotopic (exact) mass is 220 g/mol. The molecular weight excluding hydrogens is 200 g/mol. The molecule has 0 aliphatic heterocycles. The summed E-state index contributed by atoms with van der Waals surface area (Å²) >= 11 is 0. The first kappa shape index (κ1) is 12.7. The highest BCUT2D eigenvalue weighted by atomic mass is 16.2. The smallest absolute Gasteiger partial charge is 0.236 e. The number of rotatable bonds is 5. The third kappa shape index (κ3) is 3.66. The van der Waals surface area contributed by atoms with Crippen LogP contribution in [0, 0.1) is 0 Å². The van der Waals surface area contributed by atoms with Crippen LogP contribution in [0.4, 0.5) is 0 Å². The van der Waals surface area contributed by atoms with Gasteiger partial charge in [-0.05, 0) is 17.9 Å². The summed E-state index contributed by atoms with van der Waals surface area (Å²) in [5, 5.41) is 2.87. The Morgan fingerprint density at radius 3 is 2.56 bits per heavy atom. The SMILES string of the molecule is CCC(N)C(=O)NCC(C)c1ccccc1. The fourth-order valence-electron chi connectivity index (χ4n) is 1.47. The van der Waals surface area contributed by atoms with Crippen molar-refractivity contribution in [3.8, 4) is 0 Å². The summed E-state index contributed by atoms with van der Waals surface area (Å²) in [7, 11) is 0. The van der Waals surface area contributed by atoms with Gasteiger partial charge in [-0.15, -0.1) is 0 Å². The third-order valence-corrected chi connectivity index (χ3v) is 2.73. The molecule has 0 spiro atoms. The highest BCUT2D eigenvalue weighted by Crippen LogP contribution is 2.12. The number of hydrogen-bond donors (Lipinski definition) is 2. The number of carbonyl (C=O) groups excluding carboxylic acids is 1. The second-order valence-corrected chi connectivity index (χ2v) is 4.07. The van der Waals surface area contributed by atoms with Crippen LogP contribution >= 0.6 is 0 Å². The van der Waals surface area contributed by atoms with Crippen LogP contribution in [-0.2, 0) is 4.79 Å². The zero-order valence-electron chi connectivity index (χ0n) is 9.94. The van der Waals surface area contributed by atoms with Crippen molar-refractivity contribution >= 4 is 5.91 Å². The van der Waals surface area contributed by atoms with Crippen LogP contribution < -0.4 is 11.1 Å². The van der Waals surface area contributed by atoms with Gasteiger partial charge >= 0.3 is 0 Å². The lowest BCUT2D eigenvalue weighted by atomic mass is 10.0. The first-order chi connectivity index (χ1) is 7.65. The summed E-state index contributed by atoms with van der Waals surface area (Å²) in [6.07, 6.45) is 0.672. The summed E-state index contributed by atoms with van der Waals surface area (Å²) in [4.78, 5) is 11.5. The van der Waals surface area contributed by atoms with Crippen molar-refractivity contribution in [2.45, 2.75) is 32.2 Å². The van der Waals surface area contributed by atoms with E-state index in [1.807, 2.05) is 25.1 Å². The van der Waals surface area contributed by atoms with Crippen molar-refractivity contribution in [1.82, 2.24) is 5.32 Å². The molecule has 0 bridgehead atoms. The lowest BCUT2D eigenvalue weighted by Gasteiger charge is -2.15. The predicted octanol–water partition coefficient (Wildman–Crippen LogP) is 1.64. The summed E-state index contributed by atoms with van der Waals surface area (Å²) in [5.41, 5.74) is 6.86. The van der Waals surface area contributed by atoms with E-state index in [4.69, 9.17) is 5.73 Å². The van der Waals surface area contributed by atoms with Gasteiger partial charge < -0.3 is 11.1 Å². The lowest BCUT2D eigenvalue weighted by Crippen LogP contribution is -2.41. The van der Waals surface area contributed by atoms with Gasteiger partial charge in [-0.3, -0.25) is 4.79 Å². The number of benzene rings is 1. The molecule has 0 saturated carbocycles. The van der Waals surface area contributed by atoms with Crippen LogP contribution in [0.2, 0.25) is 0 Å². The second-order valence-electron chi connectivity index (χ2n) is 4.07. The Labute approximate surface area is 97.0 Å². The second kappa shape index (κ2) is 6.28. The quantitative estimate of drug-likeness (QED) is 0.792. The summed E-state index contributed by atoms with van der Waals surface area (Å²) in [6.45, 7) is 4.63. The minimum atomic E-state index is -0.386. The van der Waals surface area contributed by atoms with E-state index in [2.05, 4.69) is 24.4 Å². The largest absolute Gasteiger partial charge is 0.354 e. The number of carbonyl (C=O) groups is 1. The summed E-state index contributed by atoms with van der Waals surface area (Å²) in [6, 6.07) is 9.74. The lowest BCUT2D eigenvalue weighted by molar-refractivity contribution is -0.122. The van der Waals surface area contributed by atoms with Crippen LogP contribution in [0.25, 0.3) is 0 Å². The maximum atomic E-state index is 11.5. The van der Waals surface area contributed by atoms with E-state index in [-0.39, 0.29) is 11.9 Å². The van der Waals surface area contributed by atoms with Crippen molar-refractivity contribution in [3.05, 3.63) is 35.9 Å². The van der Waals surface area contributed by atoms with Crippen molar-refractivity contribution in [2.24, 2.45) is 5.73 Å². The maximum absolute atomic E-state index is 11.5. The normalized spacial score (nSPS) is 14.2. The predicted molar refractivity (Wildman–Crippen MR) is 66.1 cm³/mol. The Balaban J connectivity index is 2.42. The van der Waals surface area contributed by atoms with Crippen LogP contribution in [0.3, 0.4) is 0 Å². The average molecular weight is 220 g/mol. The highest BCUT2D eigenvalue weighted by molar-refractivity contribution is 5.81. The number of nitrogens with one attached hydrogen (secondary N) is 1.